The number of nitrogens with zero attached hydrogens (tertiary/aromatic N) is 1. The molecule has 1 fully saturated rings. The first kappa shape index (κ1) is 17.0. The van der Waals surface area contributed by atoms with Gasteiger partial charge in [0.1, 0.15) is 0 Å². The van der Waals surface area contributed by atoms with Crippen molar-refractivity contribution in [2.45, 2.75) is 31.9 Å². The monoisotopic (exact) mass is 331 g/mol. The molecule has 3 N–H and O–H groups in total. The van der Waals surface area contributed by atoms with Crippen LogP contribution < -0.4 is 11.3 Å². The van der Waals surface area contributed by atoms with Crippen molar-refractivity contribution < 1.29 is 4.74 Å². The Hall–Kier alpha value is -0.360. The van der Waals surface area contributed by atoms with Crippen LogP contribution in [-0.4, -0.2) is 43.3 Å². The first-order valence-corrected chi connectivity index (χ1v) is 8.14. The number of rotatable bonds is 6. The standard InChI is InChI=1S/C15H23Cl2N3O/c1-2-6-20-7-8-21-15(10-20)14(19-18)9-11-12(16)4-3-5-13(11)17/h3-5,14-15,19H,2,6-10,18H2,1H3. The molecule has 1 heterocycles. The van der Waals surface area contributed by atoms with Gasteiger partial charge in [0.25, 0.3) is 0 Å². The quantitative estimate of drug-likeness (QED) is 0.621. The first-order chi connectivity index (χ1) is 10.2. The Morgan fingerprint density at radius 2 is 2.14 bits per heavy atom. The predicted octanol–water partition coefficient (Wildman–Crippen LogP) is 2.48. The zero-order chi connectivity index (χ0) is 15.2. The fraction of sp³-hybridized carbons (Fsp3) is 0.600. The van der Waals surface area contributed by atoms with E-state index < -0.39 is 0 Å². The van der Waals surface area contributed by atoms with E-state index in [1.165, 1.54) is 0 Å². The lowest BCUT2D eigenvalue weighted by Crippen LogP contribution is -2.54. The molecule has 1 saturated heterocycles. The first-order valence-electron chi connectivity index (χ1n) is 7.38. The van der Waals surface area contributed by atoms with Crippen LogP contribution in [0.25, 0.3) is 0 Å². The summed E-state index contributed by atoms with van der Waals surface area (Å²) in [6.45, 7) is 5.87. The van der Waals surface area contributed by atoms with Crippen molar-refractivity contribution in [2.24, 2.45) is 5.84 Å². The van der Waals surface area contributed by atoms with Gasteiger partial charge >= 0.3 is 0 Å². The second kappa shape index (κ2) is 8.32. The number of hydrogen-bond acceptors (Lipinski definition) is 4. The van der Waals surface area contributed by atoms with Gasteiger partial charge in [0.15, 0.2) is 0 Å². The summed E-state index contributed by atoms with van der Waals surface area (Å²) in [5, 5.41) is 1.34. The van der Waals surface area contributed by atoms with Crippen LogP contribution in [0.4, 0.5) is 0 Å². The topological polar surface area (TPSA) is 50.5 Å². The van der Waals surface area contributed by atoms with Crippen molar-refractivity contribution >= 4 is 23.2 Å². The Labute approximate surface area is 136 Å². The van der Waals surface area contributed by atoms with Gasteiger partial charge in [0.2, 0.25) is 0 Å². The average Bonchev–Trinajstić information content (AvgIpc) is 2.48. The molecule has 0 aliphatic carbocycles. The normalized spacial score (nSPS) is 21.4. The van der Waals surface area contributed by atoms with Gasteiger partial charge < -0.3 is 4.74 Å². The van der Waals surface area contributed by atoms with Crippen LogP contribution in [0.3, 0.4) is 0 Å². The van der Waals surface area contributed by atoms with Crippen molar-refractivity contribution in [1.29, 1.82) is 0 Å². The molecule has 2 unspecified atom stereocenters. The molecular formula is C15H23Cl2N3O. The maximum absolute atomic E-state index is 6.24. The molecule has 4 nitrogen and oxygen atoms in total. The van der Waals surface area contributed by atoms with Crippen molar-refractivity contribution in [3.8, 4) is 0 Å². The largest absolute Gasteiger partial charge is 0.374 e. The highest BCUT2D eigenvalue weighted by atomic mass is 35.5. The molecule has 0 aromatic heterocycles. The third-order valence-electron chi connectivity index (χ3n) is 3.87. The van der Waals surface area contributed by atoms with E-state index in [1.807, 2.05) is 18.2 Å². The van der Waals surface area contributed by atoms with Crippen LogP contribution in [0.2, 0.25) is 10.0 Å². The molecular weight excluding hydrogens is 309 g/mol. The average molecular weight is 332 g/mol. The summed E-state index contributed by atoms with van der Waals surface area (Å²) in [6, 6.07) is 5.53. The zero-order valence-corrected chi connectivity index (χ0v) is 13.8. The van der Waals surface area contributed by atoms with Gasteiger partial charge in [-0.3, -0.25) is 16.2 Å². The van der Waals surface area contributed by atoms with Gasteiger partial charge in [-0.1, -0.05) is 36.2 Å². The van der Waals surface area contributed by atoms with Crippen molar-refractivity contribution in [3.05, 3.63) is 33.8 Å². The minimum absolute atomic E-state index is 0.0120. The Bertz CT molecular complexity index is 436. The Balaban J connectivity index is 2.05. The highest BCUT2D eigenvalue weighted by Crippen LogP contribution is 2.26. The zero-order valence-electron chi connectivity index (χ0n) is 12.3. The van der Waals surface area contributed by atoms with Gasteiger partial charge in [0, 0.05) is 23.1 Å². The van der Waals surface area contributed by atoms with Gasteiger partial charge in [-0.15, -0.1) is 0 Å². The van der Waals surface area contributed by atoms with E-state index in [9.17, 15) is 0 Å². The van der Waals surface area contributed by atoms with Crippen molar-refractivity contribution in [1.82, 2.24) is 10.3 Å². The van der Waals surface area contributed by atoms with E-state index in [4.69, 9.17) is 33.8 Å². The number of halogens is 2. The molecule has 0 spiro atoms. The van der Waals surface area contributed by atoms with Crippen LogP contribution in [-0.2, 0) is 11.2 Å². The third-order valence-corrected chi connectivity index (χ3v) is 4.57. The Morgan fingerprint density at radius 3 is 2.76 bits per heavy atom. The number of ether oxygens (including phenoxy) is 1. The van der Waals surface area contributed by atoms with Crippen LogP contribution in [0.1, 0.15) is 18.9 Å². The second-order valence-corrected chi connectivity index (χ2v) is 6.20. The molecule has 0 amide bonds. The maximum atomic E-state index is 6.24. The van der Waals surface area contributed by atoms with E-state index in [0.29, 0.717) is 16.5 Å². The van der Waals surface area contributed by atoms with Crippen LogP contribution >= 0.6 is 23.2 Å². The van der Waals surface area contributed by atoms with Gasteiger partial charge in [-0.05, 0) is 37.1 Å². The van der Waals surface area contributed by atoms with Crippen molar-refractivity contribution in [2.75, 3.05) is 26.2 Å². The molecule has 118 valence electrons. The van der Waals surface area contributed by atoms with E-state index >= 15 is 0 Å². The number of benzene rings is 1. The Kier molecular flexibility index (Phi) is 6.74. The van der Waals surface area contributed by atoms with Gasteiger partial charge in [0.05, 0.1) is 18.8 Å². The molecule has 0 radical (unpaired) electrons. The summed E-state index contributed by atoms with van der Waals surface area (Å²) < 4.78 is 5.89. The lowest BCUT2D eigenvalue weighted by molar-refractivity contribution is -0.0462. The molecule has 2 atom stereocenters. The number of nitrogens with two attached hydrogens (primary N) is 1. The summed E-state index contributed by atoms with van der Waals surface area (Å²) in [7, 11) is 0. The van der Waals surface area contributed by atoms with E-state index in [-0.39, 0.29) is 12.1 Å². The molecule has 6 heteroatoms. The fourth-order valence-electron chi connectivity index (χ4n) is 2.74. The second-order valence-electron chi connectivity index (χ2n) is 5.39. The molecule has 0 bridgehead atoms. The highest BCUT2D eigenvalue weighted by Gasteiger charge is 2.28. The lowest BCUT2D eigenvalue weighted by atomic mass is 10.00. The van der Waals surface area contributed by atoms with E-state index in [0.717, 1.165) is 38.2 Å². The molecule has 1 aromatic carbocycles. The van der Waals surface area contributed by atoms with Crippen LogP contribution in [0, 0.1) is 0 Å². The molecule has 0 saturated carbocycles. The number of hydrogen-bond donors (Lipinski definition) is 2. The number of hydrazine groups is 1. The van der Waals surface area contributed by atoms with E-state index in [2.05, 4.69) is 17.2 Å². The number of morpholine rings is 1. The molecule has 2 rings (SSSR count). The minimum Gasteiger partial charge on any atom is -0.374 e. The molecule has 1 aliphatic heterocycles. The van der Waals surface area contributed by atoms with E-state index in [1.54, 1.807) is 0 Å². The number of nitrogens with one attached hydrogen (secondary N) is 1. The Morgan fingerprint density at radius 1 is 1.43 bits per heavy atom. The maximum Gasteiger partial charge on any atom is 0.0871 e. The predicted molar refractivity (Wildman–Crippen MR) is 87.7 cm³/mol. The fourth-order valence-corrected chi connectivity index (χ4v) is 3.29. The summed E-state index contributed by atoms with van der Waals surface area (Å²) >= 11 is 12.5. The smallest absolute Gasteiger partial charge is 0.0871 e. The van der Waals surface area contributed by atoms with Crippen LogP contribution in [0.15, 0.2) is 18.2 Å². The van der Waals surface area contributed by atoms with Gasteiger partial charge in [-0.2, -0.15) is 0 Å². The molecule has 1 aliphatic rings. The molecule has 1 aromatic rings. The lowest BCUT2D eigenvalue weighted by Gasteiger charge is -2.36. The summed E-state index contributed by atoms with van der Waals surface area (Å²) in [5.74, 6) is 5.74. The SMILES string of the molecule is CCCN1CCOC(C(Cc2c(Cl)cccc2Cl)NN)C1. The summed E-state index contributed by atoms with van der Waals surface area (Å²) in [6.07, 6.45) is 1.84. The van der Waals surface area contributed by atoms with Crippen molar-refractivity contribution in [3.63, 3.8) is 0 Å². The van der Waals surface area contributed by atoms with Gasteiger partial charge in [-0.25, -0.2) is 0 Å². The summed E-state index contributed by atoms with van der Waals surface area (Å²) in [5.41, 5.74) is 3.79. The summed E-state index contributed by atoms with van der Waals surface area (Å²) in [4.78, 5) is 2.41. The molecule has 21 heavy (non-hydrogen) atoms. The third kappa shape index (κ3) is 4.55. The highest BCUT2D eigenvalue weighted by molar-refractivity contribution is 6.36. The van der Waals surface area contributed by atoms with Crippen LogP contribution in [0.5, 0.6) is 0 Å². The minimum atomic E-state index is -0.0120.